The van der Waals surface area contributed by atoms with Crippen LogP contribution < -0.4 is 11.5 Å². The Morgan fingerprint density at radius 3 is 1.57 bits per heavy atom. The first-order valence-corrected chi connectivity index (χ1v) is 4.77. The molecule has 0 spiro atoms. The van der Waals surface area contributed by atoms with Crippen molar-refractivity contribution in [3.63, 3.8) is 0 Å². The van der Waals surface area contributed by atoms with Crippen molar-refractivity contribution < 1.29 is 14.2 Å². The third kappa shape index (κ3) is 43.3. The first-order valence-electron chi connectivity index (χ1n) is 4.77. The van der Waals surface area contributed by atoms with Gasteiger partial charge >= 0.3 is 6.03 Å². The summed E-state index contributed by atoms with van der Waals surface area (Å²) in [6, 6.07) is -0.833. The molecule has 0 fully saturated rings. The molecule has 0 radical (unpaired) electrons. The summed E-state index contributed by atoms with van der Waals surface area (Å²) in [7, 11) is 0. The van der Waals surface area contributed by atoms with Gasteiger partial charge in [-0.3, -0.25) is 4.70 Å². The van der Waals surface area contributed by atoms with E-state index in [9.17, 15) is 0 Å². The third-order valence-electron chi connectivity index (χ3n) is 1.28. The normalized spacial score (nSPS) is 8.14. The highest BCUT2D eigenvalue weighted by molar-refractivity contribution is 5.69. The highest BCUT2D eigenvalue weighted by Crippen LogP contribution is 1.91. The smallest absolute Gasteiger partial charge is 0.309 e. The molecule has 0 saturated heterocycles. The van der Waals surface area contributed by atoms with Crippen LogP contribution in [0.2, 0.25) is 0 Å². The van der Waals surface area contributed by atoms with Crippen molar-refractivity contribution in [2.45, 2.75) is 39.5 Å². The maximum atomic E-state index is 9.00. The number of nitrogens with two attached hydrogens (primary N) is 2. The molecule has 5 heteroatoms. The van der Waals surface area contributed by atoms with Crippen LogP contribution in [0.3, 0.4) is 0 Å². The molecule has 0 aliphatic rings. The van der Waals surface area contributed by atoms with Crippen LogP contribution in [0.1, 0.15) is 39.5 Å². The zero-order valence-electron chi connectivity index (χ0n) is 9.12. The van der Waals surface area contributed by atoms with E-state index >= 15 is 0 Å². The lowest BCUT2D eigenvalue weighted by Gasteiger charge is -1.99. The van der Waals surface area contributed by atoms with Gasteiger partial charge in [-0.05, 0) is 12.8 Å². The van der Waals surface area contributed by atoms with E-state index < -0.39 is 6.03 Å². The maximum Gasteiger partial charge on any atom is 0.309 e. The van der Waals surface area contributed by atoms with Gasteiger partial charge in [0.2, 0.25) is 0 Å². The van der Waals surface area contributed by atoms with Crippen LogP contribution >= 0.6 is 0 Å². The summed E-state index contributed by atoms with van der Waals surface area (Å²) < 4.78 is 5.31. The standard InChI is InChI=1S/C8H18O.CH4N2O.FH/c1-3-5-7-9-8-6-4-2;2-1(3)4;/h3-8H2,1-2H3;(H4,2,3,4);1H. The van der Waals surface area contributed by atoms with Crippen molar-refractivity contribution >= 4 is 6.03 Å². The molecule has 0 saturated carbocycles. The lowest BCUT2D eigenvalue weighted by Crippen LogP contribution is -2.18. The molecule has 88 valence electrons. The summed E-state index contributed by atoms with van der Waals surface area (Å²) in [5.74, 6) is 0. The van der Waals surface area contributed by atoms with Crippen molar-refractivity contribution in [3.05, 3.63) is 0 Å². The quantitative estimate of drug-likeness (QED) is 0.655. The van der Waals surface area contributed by atoms with E-state index in [4.69, 9.17) is 9.53 Å². The molecule has 0 unspecified atom stereocenters. The van der Waals surface area contributed by atoms with E-state index in [0.29, 0.717) is 0 Å². The molecular weight excluding hydrogens is 187 g/mol. The number of carbonyl (C=O) groups is 1. The van der Waals surface area contributed by atoms with Gasteiger partial charge in [-0.1, -0.05) is 26.7 Å². The second-order valence-electron chi connectivity index (χ2n) is 2.72. The van der Waals surface area contributed by atoms with Crippen LogP contribution in [-0.4, -0.2) is 19.2 Å². The van der Waals surface area contributed by atoms with Gasteiger partial charge in [0, 0.05) is 13.2 Å². The Morgan fingerprint density at radius 2 is 1.36 bits per heavy atom. The van der Waals surface area contributed by atoms with E-state index in [2.05, 4.69) is 25.3 Å². The Balaban J connectivity index is -0.000000209. The second kappa shape index (κ2) is 18.0. The Morgan fingerprint density at radius 1 is 1.07 bits per heavy atom. The molecule has 0 aromatic carbocycles. The second-order valence-corrected chi connectivity index (χ2v) is 2.72. The number of unbranched alkanes of at least 4 members (excludes halogenated alkanes) is 2. The van der Waals surface area contributed by atoms with Gasteiger partial charge in [-0.25, -0.2) is 4.79 Å². The van der Waals surface area contributed by atoms with Gasteiger partial charge in [0.15, 0.2) is 0 Å². The molecule has 0 aromatic heterocycles. The maximum absolute atomic E-state index is 9.00. The molecule has 0 aliphatic carbocycles. The van der Waals surface area contributed by atoms with Crippen molar-refractivity contribution in [2.24, 2.45) is 11.5 Å². The van der Waals surface area contributed by atoms with E-state index in [1.54, 1.807) is 0 Å². The monoisotopic (exact) mass is 210 g/mol. The fourth-order valence-electron chi connectivity index (χ4n) is 0.595. The van der Waals surface area contributed by atoms with Gasteiger partial charge in [0.05, 0.1) is 0 Å². The molecular formula is C9H23FN2O2. The van der Waals surface area contributed by atoms with Crippen LogP contribution in [0.5, 0.6) is 0 Å². The first-order chi connectivity index (χ1) is 6.15. The number of rotatable bonds is 6. The van der Waals surface area contributed by atoms with Gasteiger partial charge < -0.3 is 16.2 Å². The summed E-state index contributed by atoms with van der Waals surface area (Å²) >= 11 is 0. The molecule has 4 N–H and O–H groups in total. The number of hydrogen-bond acceptors (Lipinski definition) is 2. The Hall–Kier alpha value is -0.840. The first kappa shape index (κ1) is 18.9. The van der Waals surface area contributed by atoms with E-state index in [1.807, 2.05) is 0 Å². The average Bonchev–Trinajstić information content (AvgIpc) is 2.03. The zero-order chi connectivity index (χ0) is 10.5. The molecule has 2 amide bonds. The van der Waals surface area contributed by atoms with Gasteiger partial charge in [0.1, 0.15) is 0 Å². The number of primary amides is 2. The molecule has 0 aliphatic heterocycles. The van der Waals surface area contributed by atoms with Crippen LogP contribution in [0.15, 0.2) is 0 Å². The summed E-state index contributed by atoms with van der Waals surface area (Å²) in [6.45, 7) is 6.28. The van der Waals surface area contributed by atoms with Crippen LogP contribution in [-0.2, 0) is 4.74 Å². The minimum atomic E-state index is -0.833. The highest BCUT2D eigenvalue weighted by atomic mass is 19.0. The predicted molar refractivity (Wildman–Crippen MR) is 56.9 cm³/mol. The molecule has 14 heavy (non-hydrogen) atoms. The largest absolute Gasteiger partial charge is 0.381 e. The summed E-state index contributed by atoms with van der Waals surface area (Å²) in [5.41, 5.74) is 8.50. The Kier molecular flexibility index (Phi) is 24.3. The SMILES string of the molecule is CCCCOCCCC.F.NC(N)=O. The van der Waals surface area contributed by atoms with Crippen LogP contribution in [0, 0.1) is 0 Å². The van der Waals surface area contributed by atoms with E-state index in [1.165, 1.54) is 25.7 Å². The van der Waals surface area contributed by atoms with Crippen molar-refractivity contribution in [3.8, 4) is 0 Å². The Labute approximate surface area is 85.3 Å². The zero-order valence-corrected chi connectivity index (χ0v) is 9.12. The number of halogens is 1. The number of amides is 2. The fourth-order valence-corrected chi connectivity index (χ4v) is 0.595. The Bertz CT molecular complexity index is 103. The molecule has 0 heterocycles. The van der Waals surface area contributed by atoms with Crippen molar-refractivity contribution in [1.82, 2.24) is 0 Å². The molecule has 4 nitrogen and oxygen atoms in total. The average molecular weight is 210 g/mol. The summed E-state index contributed by atoms with van der Waals surface area (Å²) in [5, 5.41) is 0. The minimum Gasteiger partial charge on any atom is -0.381 e. The van der Waals surface area contributed by atoms with Crippen molar-refractivity contribution in [2.75, 3.05) is 13.2 Å². The molecule has 0 rings (SSSR count). The lowest BCUT2D eigenvalue weighted by molar-refractivity contribution is 0.128. The molecule has 0 atom stereocenters. The van der Waals surface area contributed by atoms with Crippen LogP contribution in [0.4, 0.5) is 9.50 Å². The van der Waals surface area contributed by atoms with Crippen molar-refractivity contribution in [1.29, 1.82) is 0 Å². The topological polar surface area (TPSA) is 78.3 Å². The lowest BCUT2D eigenvalue weighted by atomic mass is 10.3. The third-order valence-corrected chi connectivity index (χ3v) is 1.28. The number of ether oxygens (including phenoxy) is 1. The van der Waals surface area contributed by atoms with Crippen LogP contribution in [0.25, 0.3) is 0 Å². The van der Waals surface area contributed by atoms with Gasteiger partial charge in [0.25, 0.3) is 0 Å². The fraction of sp³-hybridized carbons (Fsp3) is 0.889. The number of carbonyl (C=O) groups excluding carboxylic acids is 1. The van der Waals surface area contributed by atoms with E-state index in [0.717, 1.165) is 13.2 Å². The minimum absolute atomic E-state index is 0. The molecule has 0 aromatic rings. The summed E-state index contributed by atoms with van der Waals surface area (Å²) in [4.78, 5) is 9.00. The predicted octanol–water partition coefficient (Wildman–Crippen LogP) is 1.78. The number of hydrogen-bond donors (Lipinski definition) is 2. The summed E-state index contributed by atoms with van der Waals surface area (Å²) in [6.07, 6.45) is 4.91. The van der Waals surface area contributed by atoms with E-state index in [-0.39, 0.29) is 4.70 Å². The van der Waals surface area contributed by atoms with Gasteiger partial charge in [-0.2, -0.15) is 0 Å². The highest BCUT2D eigenvalue weighted by Gasteiger charge is 1.84. The van der Waals surface area contributed by atoms with Gasteiger partial charge in [-0.15, -0.1) is 0 Å². The number of urea groups is 1. The molecule has 0 bridgehead atoms.